The lowest BCUT2D eigenvalue weighted by molar-refractivity contribution is -0.138. The van der Waals surface area contributed by atoms with Gasteiger partial charge in [0, 0.05) is 23.5 Å². The Hall–Kier alpha value is -0.610. The van der Waals surface area contributed by atoms with E-state index in [2.05, 4.69) is 26.0 Å². The molecule has 0 aromatic carbocycles. The summed E-state index contributed by atoms with van der Waals surface area (Å²) in [7, 11) is 0. The van der Waals surface area contributed by atoms with Crippen LogP contribution in [0.2, 0.25) is 0 Å². The summed E-state index contributed by atoms with van der Waals surface area (Å²) in [4.78, 5) is 24.9. The molecule has 138 valence electrons. The summed E-state index contributed by atoms with van der Waals surface area (Å²) in [6.07, 6.45) is 7.67. The van der Waals surface area contributed by atoms with Crippen LogP contribution in [0.4, 0.5) is 0 Å². The van der Waals surface area contributed by atoms with Gasteiger partial charge in [0.25, 0.3) is 0 Å². The highest BCUT2D eigenvalue weighted by Gasteiger charge is 2.39. The summed E-state index contributed by atoms with van der Waals surface area (Å²) in [5, 5.41) is 10.4. The highest BCUT2D eigenvalue weighted by Crippen LogP contribution is 2.32. The van der Waals surface area contributed by atoms with Gasteiger partial charge in [-0.2, -0.15) is 0 Å². The third-order valence-corrected chi connectivity index (χ3v) is 6.25. The van der Waals surface area contributed by atoms with Crippen LogP contribution in [-0.2, 0) is 9.59 Å². The van der Waals surface area contributed by atoms with Crippen LogP contribution in [0, 0.1) is 23.2 Å². The molecule has 0 aromatic rings. The number of carbonyl (C=O) groups excluding carboxylic acids is 2. The number of thioether (sulfide) groups is 1. The summed E-state index contributed by atoms with van der Waals surface area (Å²) in [6, 6.07) is 0. The number of rotatable bonds is 0. The van der Waals surface area contributed by atoms with Crippen molar-refractivity contribution in [2.75, 3.05) is 5.75 Å². The van der Waals surface area contributed by atoms with Gasteiger partial charge in [0.1, 0.15) is 5.78 Å². The Kier molecular flexibility index (Phi) is 8.72. The van der Waals surface area contributed by atoms with Crippen molar-refractivity contribution in [1.82, 2.24) is 0 Å². The molecule has 0 saturated heterocycles. The molecule has 3 unspecified atom stereocenters. The Morgan fingerprint density at radius 2 is 1.88 bits per heavy atom. The van der Waals surface area contributed by atoms with E-state index in [1.165, 1.54) is 11.8 Å². The van der Waals surface area contributed by atoms with Crippen LogP contribution < -0.4 is 0 Å². The normalized spacial score (nSPS) is 35.6. The van der Waals surface area contributed by atoms with Crippen LogP contribution in [-0.4, -0.2) is 27.9 Å². The first kappa shape index (κ1) is 21.4. The van der Waals surface area contributed by atoms with Crippen LogP contribution in [0.1, 0.15) is 66.7 Å². The number of Topliss-reactive ketones (excluding diaryl/α,β-unsaturated/α-hetero) is 1. The largest absolute Gasteiger partial charge is 0.392 e. The zero-order valence-corrected chi connectivity index (χ0v) is 16.7. The quantitative estimate of drug-likeness (QED) is 0.644. The van der Waals surface area contributed by atoms with Gasteiger partial charge in [-0.3, -0.25) is 9.59 Å². The van der Waals surface area contributed by atoms with Crippen molar-refractivity contribution >= 4 is 22.7 Å². The number of aliphatic hydroxyl groups is 1. The van der Waals surface area contributed by atoms with Gasteiger partial charge in [0.15, 0.2) is 5.12 Å². The van der Waals surface area contributed by atoms with Gasteiger partial charge >= 0.3 is 0 Å². The number of hydrogen-bond donors (Lipinski definition) is 1. The third-order valence-electron chi connectivity index (χ3n) is 5.07. The number of ketones is 1. The highest BCUT2D eigenvalue weighted by molar-refractivity contribution is 8.13. The van der Waals surface area contributed by atoms with Crippen molar-refractivity contribution < 1.29 is 14.7 Å². The lowest BCUT2D eigenvalue weighted by Crippen LogP contribution is -2.41. The molecule has 1 aliphatic rings. The van der Waals surface area contributed by atoms with Gasteiger partial charge in [-0.15, -0.1) is 0 Å². The molecule has 0 bridgehead atoms. The molecule has 3 nitrogen and oxygen atoms in total. The van der Waals surface area contributed by atoms with Gasteiger partial charge in [-0.05, 0) is 31.1 Å². The summed E-state index contributed by atoms with van der Waals surface area (Å²) >= 11 is 1.27. The SMILES string of the molecule is CC1CCC/C=C\[C@H](C)CSC(=O)CC(O)C(C)(C)C(=O)C(C)C1. The molecule has 0 radical (unpaired) electrons. The minimum atomic E-state index is -0.915. The van der Waals surface area contributed by atoms with Crippen LogP contribution in [0.25, 0.3) is 0 Å². The summed E-state index contributed by atoms with van der Waals surface area (Å²) < 4.78 is 0. The fourth-order valence-corrected chi connectivity index (χ4v) is 4.13. The van der Waals surface area contributed by atoms with Gasteiger partial charge in [-0.1, -0.05) is 65.0 Å². The van der Waals surface area contributed by atoms with E-state index in [1.807, 2.05) is 6.92 Å². The van der Waals surface area contributed by atoms with E-state index in [1.54, 1.807) is 13.8 Å². The van der Waals surface area contributed by atoms with Crippen LogP contribution in [0.5, 0.6) is 0 Å². The molecule has 4 atom stereocenters. The maximum atomic E-state index is 12.8. The first-order chi connectivity index (χ1) is 11.1. The number of carbonyl (C=O) groups is 2. The molecule has 0 fully saturated rings. The Labute approximate surface area is 151 Å². The van der Waals surface area contributed by atoms with Crippen molar-refractivity contribution in [3.63, 3.8) is 0 Å². The fourth-order valence-electron chi connectivity index (χ4n) is 3.29. The van der Waals surface area contributed by atoms with E-state index < -0.39 is 11.5 Å². The second-order valence-corrected chi connectivity index (χ2v) is 9.14. The first-order valence-electron chi connectivity index (χ1n) is 9.19. The summed E-state index contributed by atoms with van der Waals surface area (Å²) in [5.74, 6) is 1.54. The monoisotopic (exact) mass is 354 g/mol. The van der Waals surface area contributed by atoms with Crippen molar-refractivity contribution in [2.24, 2.45) is 23.2 Å². The Balaban J connectivity index is 2.87. The molecule has 0 aliphatic carbocycles. The molecule has 1 heterocycles. The zero-order chi connectivity index (χ0) is 18.3. The topological polar surface area (TPSA) is 54.4 Å². The zero-order valence-electron chi connectivity index (χ0n) is 15.9. The number of allylic oxidation sites excluding steroid dienone is 2. The molecule has 0 amide bonds. The maximum absolute atomic E-state index is 12.8. The lowest BCUT2D eigenvalue weighted by Gasteiger charge is -2.32. The van der Waals surface area contributed by atoms with Gasteiger partial charge in [0.05, 0.1) is 6.10 Å². The molecular formula is C20H34O3S. The molecule has 4 heteroatoms. The number of aliphatic hydroxyl groups excluding tert-OH is 1. The van der Waals surface area contributed by atoms with E-state index in [9.17, 15) is 14.7 Å². The standard InChI is InChI=1S/C20H34O3S/c1-14-9-7-6-8-10-15(2)13-24-18(22)12-17(21)20(4,5)19(23)16(3)11-14/h8,10,14-17,21H,6-7,9,11-13H2,1-5H3/b10-8-/t14?,15-,16?,17?/m0/s1. The van der Waals surface area contributed by atoms with Crippen molar-refractivity contribution in [3.05, 3.63) is 12.2 Å². The van der Waals surface area contributed by atoms with E-state index in [4.69, 9.17) is 0 Å². The van der Waals surface area contributed by atoms with Gasteiger partial charge in [-0.25, -0.2) is 0 Å². The molecule has 0 saturated carbocycles. The molecule has 24 heavy (non-hydrogen) atoms. The number of hydrogen-bond acceptors (Lipinski definition) is 4. The molecular weight excluding hydrogens is 320 g/mol. The van der Waals surface area contributed by atoms with E-state index in [0.717, 1.165) is 31.4 Å². The Morgan fingerprint density at radius 1 is 1.21 bits per heavy atom. The van der Waals surface area contributed by atoms with Crippen molar-refractivity contribution in [3.8, 4) is 0 Å². The molecule has 0 spiro atoms. The van der Waals surface area contributed by atoms with Crippen LogP contribution in [0.3, 0.4) is 0 Å². The summed E-state index contributed by atoms with van der Waals surface area (Å²) in [5.41, 5.74) is -0.877. The van der Waals surface area contributed by atoms with Crippen molar-refractivity contribution in [1.29, 1.82) is 0 Å². The maximum Gasteiger partial charge on any atom is 0.191 e. The average Bonchev–Trinajstić information content (AvgIpc) is 2.50. The molecule has 1 rings (SSSR count). The van der Waals surface area contributed by atoms with Gasteiger partial charge in [0.2, 0.25) is 0 Å². The molecule has 1 aliphatic heterocycles. The second kappa shape index (κ2) is 9.76. The van der Waals surface area contributed by atoms with Crippen LogP contribution >= 0.6 is 11.8 Å². The predicted molar refractivity (Wildman–Crippen MR) is 102 cm³/mol. The van der Waals surface area contributed by atoms with E-state index in [-0.39, 0.29) is 23.2 Å². The average molecular weight is 355 g/mol. The Morgan fingerprint density at radius 3 is 2.54 bits per heavy atom. The second-order valence-electron chi connectivity index (χ2n) is 8.07. The smallest absolute Gasteiger partial charge is 0.191 e. The molecule has 1 N–H and O–H groups in total. The fraction of sp³-hybridized carbons (Fsp3) is 0.800. The Bertz CT molecular complexity index is 456. The summed E-state index contributed by atoms with van der Waals surface area (Å²) in [6.45, 7) is 9.80. The third kappa shape index (κ3) is 6.72. The minimum absolute atomic E-state index is 0.0308. The van der Waals surface area contributed by atoms with Gasteiger partial charge < -0.3 is 5.11 Å². The molecule has 0 aromatic heterocycles. The predicted octanol–water partition coefficient (Wildman–Crippen LogP) is 4.63. The lowest BCUT2D eigenvalue weighted by atomic mass is 9.74. The van der Waals surface area contributed by atoms with Crippen LogP contribution in [0.15, 0.2) is 12.2 Å². The minimum Gasteiger partial charge on any atom is -0.392 e. The first-order valence-corrected chi connectivity index (χ1v) is 10.2. The van der Waals surface area contributed by atoms with Crippen molar-refractivity contribution in [2.45, 2.75) is 72.8 Å². The van der Waals surface area contributed by atoms with E-state index in [0.29, 0.717) is 11.8 Å². The highest BCUT2D eigenvalue weighted by atomic mass is 32.2. The van der Waals surface area contributed by atoms with E-state index >= 15 is 0 Å².